The van der Waals surface area contributed by atoms with Gasteiger partial charge in [0.05, 0.1) is 23.0 Å². The van der Waals surface area contributed by atoms with Gasteiger partial charge in [-0.2, -0.15) is 13.2 Å². The van der Waals surface area contributed by atoms with E-state index in [9.17, 15) is 35.9 Å². The molecule has 0 aliphatic carbocycles. The second-order valence-electron chi connectivity index (χ2n) is 7.02. The third-order valence-corrected chi connectivity index (χ3v) is 4.92. The number of pyridine rings is 1. The van der Waals surface area contributed by atoms with Crippen molar-refractivity contribution >= 4 is 16.8 Å². The molecular formula is C21H16F6N2O2. The number of aromatic nitrogens is 1. The van der Waals surface area contributed by atoms with Crippen molar-refractivity contribution in [2.75, 3.05) is 0 Å². The molecular weight excluding hydrogens is 426 g/mol. The first-order valence-corrected chi connectivity index (χ1v) is 9.08. The molecule has 0 fully saturated rings. The summed E-state index contributed by atoms with van der Waals surface area (Å²) in [7, 11) is 0. The van der Waals surface area contributed by atoms with Gasteiger partial charge in [0.1, 0.15) is 17.5 Å². The Labute approximate surface area is 171 Å². The summed E-state index contributed by atoms with van der Waals surface area (Å²) in [6.45, 7) is 2.39. The predicted octanol–water partition coefficient (Wildman–Crippen LogP) is 4.95. The number of nitrogens with one attached hydrogen (secondary N) is 2. The van der Waals surface area contributed by atoms with E-state index in [-0.39, 0.29) is 11.1 Å². The van der Waals surface area contributed by atoms with Crippen LogP contribution in [-0.2, 0) is 11.0 Å². The van der Waals surface area contributed by atoms with Gasteiger partial charge in [0, 0.05) is 22.6 Å². The quantitative estimate of drug-likeness (QED) is 0.562. The van der Waals surface area contributed by atoms with Crippen LogP contribution in [0.4, 0.5) is 26.3 Å². The van der Waals surface area contributed by atoms with Gasteiger partial charge in [-0.1, -0.05) is 12.1 Å². The van der Waals surface area contributed by atoms with Gasteiger partial charge in [-0.25, -0.2) is 13.2 Å². The van der Waals surface area contributed by atoms with Gasteiger partial charge in [0.15, 0.2) is 0 Å². The molecule has 1 heterocycles. The molecule has 2 aromatic carbocycles. The number of aromatic amines is 1. The number of hydrogen-bond acceptors (Lipinski definition) is 2. The highest BCUT2D eigenvalue weighted by molar-refractivity contribution is 5.89. The van der Waals surface area contributed by atoms with Gasteiger partial charge in [-0.15, -0.1) is 0 Å². The molecule has 0 spiro atoms. The molecule has 0 bridgehead atoms. The Balaban J connectivity index is 2.06. The summed E-state index contributed by atoms with van der Waals surface area (Å²) in [5, 5.41) is 1.45. The molecule has 4 nitrogen and oxygen atoms in total. The summed E-state index contributed by atoms with van der Waals surface area (Å²) in [6.07, 6.45) is -5.13. The molecule has 10 heteroatoms. The smallest absolute Gasteiger partial charge is 0.349 e. The molecule has 1 amide bonds. The molecule has 2 N–H and O–H groups in total. The van der Waals surface area contributed by atoms with Crippen LogP contribution in [0.3, 0.4) is 0 Å². The lowest BCUT2D eigenvalue weighted by Gasteiger charge is -2.22. The summed E-state index contributed by atoms with van der Waals surface area (Å²) in [4.78, 5) is 27.3. The first kappa shape index (κ1) is 22.4. The second kappa shape index (κ2) is 8.09. The summed E-state index contributed by atoms with van der Waals surface area (Å²) in [5.41, 5.74) is -4.18. The zero-order valence-corrected chi connectivity index (χ0v) is 16.2. The number of alkyl halides is 3. The third-order valence-electron chi connectivity index (χ3n) is 4.92. The first-order valence-electron chi connectivity index (χ1n) is 9.08. The second-order valence-corrected chi connectivity index (χ2v) is 7.02. The van der Waals surface area contributed by atoms with Crippen molar-refractivity contribution in [3.05, 3.63) is 80.9 Å². The van der Waals surface area contributed by atoms with Crippen LogP contribution in [0.2, 0.25) is 0 Å². The van der Waals surface area contributed by atoms with E-state index in [1.54, 1.807) is 0 Å². The van der Waals surface area contributed by atoms with Crippen LogP contribution >= 0.6 is 0 Å². The van der Waals surface area contributed by atoms with Crippen molar-refractivity contribution in [3.8, 4) is 0 Å². The van der Waals surface area contributed by atoms with Crippen molar-refractivity contribution < 1.29 is 31.1 Å². The van der Waals surface area contributed by atoms with Crippen molar-refractivity contribution in [1.29, 1.82) is 0 Å². The van der Waals surface area contributed by atoms with Crippen LogP contribution in [0.15, 0.2) is 41.2 Å². The minimum Gasteiger partial charge on any atom is -0.349 e. The number of hydrogen-bond donors (Lipinski definition) is 2. The molecule has 31 heavy (non-hydrogen) atoms. The van der Waals surface area contributed by atoms with Crippen LogP contribution in [0.5, 0.6) is 0 Å². The molecule has 3 rings (SSSR count). The van der Waals surface area contributed by atoms with Gasteiger partial charge < -0.3 is 10.3 Å². The average molecular weight is 442 g/mol. The zero-order chi connectivity index (χ0) is 23.1. The van der Waals surface area contributed by atoms with E-state index in [4.69, 9.17) is 0 Å². The average Bonchev–Trinajstić information content (AvgIpc) is 2.65. The number of carbonyl (C=O) groups is 1. The SMILES string of the molecule is C[C@H](NC(=O)[C@@H](C)c1c(C(F)(F)F)c2c(F)cccc2[nH]c1=O)c1ccc(F)cc1F. The number of amides is 1. The number of carbonyl (C=O) groups excluding carboxylic acids is 1. The Kier molecular flexibility index (Phi) is 5.84. The standard InChI is InChI=1S/C21H16F6N2O2/c1-9(19(30)28-10(2)12-7-6-11(22)8-14(12)24)16-18(21(25,26)27)17-13(23)4-3-5-15(17)29-20(16)31/h3-10H,1-2H3,(H,28,30)(H,29,31)/t9-,10-/m0/s1. The third kappa shape index (κ3) is 4.28. The van der Waals surface area contributed by atoms with E-state index in [1.165, 1.54) is 6.92 Å². The number of fused-ring (bicyclic) bond motifs is 1. The maximum atomic E-state index is 14.3. The van der Waals surface area contributed by atoms with Crippen molar-refractivity contribution in [1.82, 2.24) is 10.3 Å². The molecule has 0 radical (unpaired) electrons. The highest BCUT2D eigenvalue weighted by Gasteiger charge is 2.40. The zero-order valence-electron chi connectivity index (χ0n) is 16.2. The number of benzene rings is 2. The minimum absolute atomic E-state index is 0.100. The maximum Gasteiger partial charge on any atom is 0.417 e. The van der Waals surface area contributed by atoms with E-state index < -0.39 is 63.6 Å². The van der Waals surface area contributed by atoms with Crippen LogP contribution in [0.25, 0.3) is 10.9 Å². The largest absolute Gasteiger partial charge is 0.417 e. The lowest BCUT2D eigenvalue weighted by atomic mass is 9.92. The number of halogens is 6. The molecule has 2 atom stereocenters. The molecule has 1 aromatic heterocycles. The normalized spacial score (nSPS) is 13.8. The fourth-order valence-corrected chi connectivity index (χ4v) is 3.43. The maximum absolute atomic E-state index is 14.3. The summed E-state index contributed by atoms with van der Waals surface area (Å²) < 4.78 is 82.8. The van der Waals surface area contributed by atoms with Gasteiger partial charge in [-0.3, -0.25) is 9.59 Å². The predicted molar refractivity (Wildman–Crippen MR) is 101 cm³/mol. The van der Waals surface area contributed by atoms with Gasteiger partial charge in [0.25, 0.3) is 5.56 Å². The van der Waals surface area contributed by atoms with E-state index in [0.717, 1.165) is 37.3 Å². The topological polar surface area (TPSA) is 62.0 Å². The fourth-order valence-electron chi connectivity index (χ4n) is 3.43. The highest BCUT2D eigenvalue weighted by Crippen LogP contribution is 2.39. The molecule has 0 aliphatic heterocycles. The van der Waals surface area contributed by atoms with E-state index in [0.29, 0.717) is 6.07 Å². The molecule has 0 unspecified atom stereocenters. The Morgan fingerprint density at radius 3 is 2.32 bits per heavy atom. The first-order chi connectivity index (χ1) is 14.4. The van der Waals surface area contributed by atoms with Crippen LogP contribution in [0, 0.1) is 17.5 Å². The van der Waals surface area contributed by atoms with Crippen LogP contribution in [-0.4, -0.2) is 10.9 Å². The summed E-state index contributed by atoms with van der Waals surface area (Å²) >= 11 is 0. The van der Waals surface area contributed by atoms with E-state index in [2.05, 4.69) is 10.3 Å². The lowest BCUT2D eigenvalue weighted by molar-refractivity contribution is -0.137. The molecule has 0 saturated heterocycles. The Bertz CT molecular complexity index is 1220. The summed E-state index contributed by atoms with van der Waals surface area (Å²) in [5.74, 6) is -5.69. The van der Waals surface area contributed by atoms with Crippen molar-refractivity contribution in [2.45, 2.75) is 32.0 Å². The monoisotopic (exact) mass is 442 g/mol. The lowest BCUT2D eigenvalue weighted by Crippen LogP contribution is -2.35. The van der Waals surface area contributed by atoms with Gasteiger partial charge in [0.2, 0.25) is 5.91 Å². The van der Waals surface area contributed by atoms with Gasteiger partial charge in [-0.05, 0) is 32.0 Å². The molecule has 3 aromatic rings. The van der Waals surface area contributed by atoms with Crippen molar-refractivity contribution in [3.63, 3.8) is 0 Å². The molecule has 0 saturated carbocycles. The molecule has 0 aliphatic rings. The van der Waals surface area contributed by atoms with E-state index >= 15 is 0 Å². The number of rotatable bonds is 4. The summed E-state index contributed by atoms with van der Waals surface area (Å²) in [6, 6.07) is 4.67. The van der Waals surface area contributed by atoms with Crippen molar-refractivity contribution in [2.24, 2.45) is 0 Å². The van der Waals surface area contributed by atoms with Crippen LogP contribution in [0.1, 0.15) is 42.5 Å². The Morgan fingerprint density at radius 2 is 1.71 bits per heavy atom. The Hall–Kier alpha value is -3.30. The van der Waals surface area contributed by atoms with Gasteiger partial charge >= 0.3 is 6.18 Å². The Morgan fingerprint density at radius 1 is 1.03 bits per heavy atom. The highest BCUT2D eigenvalue weighted by atomic mass is 19.4. The minimum atomic E-state index is -5.13. The van der Waals surface area contributed by atoms with E-state index in [1.807, 2.05) is 0 Å². The number of H-pyrrole nitrogens is 1. The van der Waals surface area contributed by atoms with Crippen LogP contribution < -0.4 is 10.9 Å². The fraction of sp³-hybridized carbons (Fsp3) is 0.238. The molecule has 164 valence electrons.